The van der Waals surface area contributed by atoms with Crippen molar-refractivity contribution in [1.29, 1.82) is 0 Å². The number of para-hydroxylation sites is 1. The fourth-order valence-electron chi connectivity index (χ4n) is 4.11. The number of carbonyl (C=O) groups excluding carboxylic acids is 2. The number of ether oxygens (including phenoxy) is 1. The first-order chi connectivity index (χ1) is 14.3. The number of amides is 2. The summed E-state index contributed by atoms with van der Waals surface area (Å²) in [5.41, 5.74) is 9.00. The number of primary amides is 1. The van der Waals surface area contributed by atoms with E-state index in [2.05, 4.69) is 15.2 Å². The number of carbonyl (C=O) groups is 2. The molecule has 2 amide bonds. The molecule has 0 radical (unpaired) electrons. The summed E-state index contributed by atoms with van der Waals surface area (Å²) in [5, 5.41) is 8.36. The molecule has 0 saturated carbocycles. The van der Waals surface area contributed by atoms with E-state index in [1.165, 1.54) is 12.0 Å². The summed E-state index contributed by atoms with van der Waals surface area (Å²) in [7, 11) is 1.35. The van der Waals surface area contributed by atoms with E-state index in [1.807, 2.05) is 44.2 Å². The molecule has 1 unspecified atom stereocenters. The molecule has 1 aliphatic heterocycles. The highest BCUT2D eigenvalue weighted by molar-refractivity contribution is 6.12. The summed E-state index contributed by atoms with van der Waals surface area (Å²) in [6.45, 7) is 3.62. The van der Waals surface area contributed by atoms with Crippen molar-refractivity contribution in [3.63, 3.8) is 0 Å². The molecule has 9 heteroatoms. The van der Waals surface area contributed by atoms with Crippen molar-refractivity contribution in [3.8, 4) is 11.5 Å². The van der Waals surface area contributed by atoms with Crippen LogP contribution in [0.2, 0.25) is 0 Å². The molecule has 0 aliphatic carbocycles. The van der Waals surface area contributed by atoms with E-state index < -0.39 is 17.6 Å². The van der Waals surface area contributed by atoms with Gasteiger partial charge >= 0.3 is 0 Å². The maximum absolute atomic E-state index is 13.1. The average molecular weight is 404 g/mol. The summed E-state index contributed by atoms with van der Waals surface area (Å²) < 4.78 is 5.23. The lowest BCUT2D eigenvalue weighted by atomic mass is 9.86. The van der Waals surface area contributed by atoms with Crippen molar-refractivity contribution in [2.45, 2.75) is 25.5 Å². The Labute approximate surface area is 171 Å². The number of hydrogen-bond acceptors (Lipinski definition) is 5. The van der Waals surface area contributed by atoms with Crippen molar-refractivity contribution in [3.05, 3.63) is 42.0 Å². The number of anilines is 1. The minimum Gasteiger partial charge on any atom is -0.366 e. The van der Waals surface area contributed by atoms with Crippen molar-refractivity contribution in [1.82, 2.24) is 20.2 Å². The van der Waals surface area contributed by atoms with Gasteiger partial charge in [-0.25, -0.2) is 4.98 Å². The number of aromatic nitrogens is 4. The molecule has 3 heterocycles. The van der Waals surface area contributed by atoms with E-state index in [1.54, 1.807) is 6.07 Å². The Hall–Kier alpha value is -3.72. The molecule has 2 aromatic heterocycles. The topological polar surface area (TPSA) is 130 Å². The highest BCUT2D eigenvalue weighted by Gasteiger charge is 2.48. The van der Waals surface area contributed by atoms with Gasteiger partial charge in [0.2, 0.25) is 12.1 Å². The van der Waals surface area contributed by atoms with Gasteiger partial charge in [0.15, 0.2) is 5.82 Å². The van der Waals surface area contributed by atoms with Crippen LogP contribution < -0.4 is 10.6 Å². The predicted octanol–water partition coefficient (Wildman–Crippen LogP) is 2.19. The number of fused-ring (bicyclic) bond motifs is 3. The van der Waals surface area contributed by atoms with Crippen LogP contribution in [0.1, 0.15) is 19.4 Å². The van der Waals surface area contributed by atoms with E-state index in [-0.39, 0.29) is 5.91 Å². The normalized spacial score (nSPS) is 16.4. The molecular weight excluding hydrogens is 384 g/mol. The molecular formula is C21H20N6O3. The lowest BCUT2D eigenvalue weighted by molar-refractivity contribution is -0.133. The standard InChI is InChI=1S/C21H20N6O3/c1-21(2)11-8-13-14(9-15(11)27(20(21)29)19(30-3)17(22)28)24-18(23-13)16-10-6-4-5-7-12(10)25-26-16/h4-9,19H,1-3H3,(H2,22,28)(H,23,24)(H,25,26). The SMILES string of the molecule is COC(C(N)=O)N1C(=O)C(C)(C)c2cc3nc(-c4n[nH]c5ccccc45)[nH]c3cc21. The van der Waals surface area contributed by atoms with Gasteiger partial charge in [0, 0.05) is 12.5 Å². The number of imidazole rings is 1. The molecule has 0 bridgehead atoms. The fourth-order valence-corrected chi connectivity index (χ4v) is 4.11. The van der Waals surface area contributed by atoms with Crippen LogP contribution in [0, 0.1) is 0 Å². The van der Waals surface area contributed by atoms with Gasteiger partial charge < -0.3 is 15.5 Å². The number of methoxy groups -OCH3 is 1. The Bertz CT molecular complexity index is 1340. The lowest BCUT2D eigenvalue weighted by Crippen LogP contribution is -2.50. The third-order valence-corrected chi connectivity index (χ3v) is 5.68. The lowest BCUT2D eigenvalue weighted by Gasteiger charge is -2.26. The summed E-state index contributed by atoms with van der Waals surface area (Å²) >= 11 is 0. The first-order valence-corrected chi connectivity index (χ1v) is 9.46. The highest BCUT2D eigenvalue weighted by atomic mass is 16.5. The van der Waals surface area contributed by atoms with Crippen molar-refractivity contribution in [2.75, 3.05) is 12.0 Å². The van der Waals surface area contributed by atoms with Gasteiger partial charge in [0.25, 0.3) is 5.91 Å². The Kier molecular flexibility index (Phi) is 3.75. The summed E-state index contributed by atoms with van der Waals surface area (Å²) in [6, 6.07) is 11.5. The largest absolute Gasteiger partial charge is 0.366 e. The zero-order valence-electron chi connectivity index (χ0n) is 16.7. The Morgan fingerprint density at radius 1 is 1.23 bits per heavy atom. The number of nitrogens with zero attached hydrogens (tertiary/aromatic N) is 3. The Balaban J connectivity index is 1.70. The van der Waals surface area contributed by atoms with Crippen LogP contribution in [-0.2, 0) is 19.7 Å². The van der Waals surface area contributed by atoms with Gasteiger partial charge in [-0.05, 0) is 37.6 Å². The minimum atomic E-state index is -1.19. The third-order valence-electron chi connectivity index (χ3n) is 5.68. The molecule has 0 spiro atoms. The molecule has 0 saturated heterocycles. The van der Waals surface area contributed by atoms with E-state index in [0.717, 1.165) is 16.5 Å². The average Bonchev–Trinajstić information content (AvgIpc) is 3.37. The molecule has 1 atom stereocenters. The predicted molar refractivity (Wildman–Crippen MR) is 112 cm³/mol. The van der Waals surface area contributed by atoms with Crippen LogP contribution in [0.4, 0.5) is 5.69 Å². The Morgan fingerprint density at radius 2 is 2.00 bits per heavy atom. The van der Waals surface area contributed by atoms with Crippen molar-refractivity contribution >= 4 is 39.4 Å². The molecule has 5 rings (SSSR count). The van der Waals surface area contributed by atoms with Gasteiger partial charge in [-0.15, -0.1) is 0 Å². The summed E-state index contributed by atoms with van der Waals surface area (Å²) in [4.78, 5) is 34.3. The van der Waals surface area contributed by atoms with Gasteiger partial charge in [-0.1, -0.05) is 18.2 Å². The molecule has 4 aromatic rings. The van der Waals surface area contributed by atoms with Crippen LogP contribution in [0.15, 0.2) is 36.4 Å². The smallest absolute Gasteiger partial charge is 0.268 e. The number of H-pyrrole nitrogens is 2. The second-order valence-corrected chi connectivity index (χ2v) is 7.88. The third kappa shape index (κ3) is 2.38. The van der Waals surface area contributed by atoms with Crippen molar-refractivity contribution in [2.24, 2.45) is 5.73 Å². The highest BCUT2D eigenvalue weighted by Crippen LogP contribution is 2.44. The second-order valence-electron chi connectivity index (χ2n) is 7.88. The summed E-state index contributed by atoms with van der Waals surface area (Å²) in [5.74, 6) is -0.378. The van der Waals surface area contributed by atoms with Crippen molar-refractivity contribution < 1.29 is 14.3 Å². The second kappa shape index (κ2) is 6.14. The monoisotopic (exact) mass is 404 g/mol. The molecule has 30 heavy (non-hydrogen) atoms. The minimum absolute atomic E-state index is 0.255. The number of rotatable bonds is 4. The van der Waals surface area contributed by atoms with Crippen LogP contribution in [0.5, 0.6) is 0 Å². The van der Waals surface area contributed by atoms with E-state index in [0.29, 0.717) is 28.2 Å². The quantitative estimate of drug-likeness (QED) is 0.480. The Morgan fingerprint density at radius 3 is 2.73 bits per heavy atom. The number of benzene rings is 2. The van der Waals surface area contributed by atoms with E-state index in [9.17, 15) is 9.59 Å². The van der Waals surface area contributed by atoms with E-state index >= 15 is 0 Å². The molecule has 2 aromatic carbocycles. The maximum atomic E-state index is 13.1. The number of nitrogens with one attached hydrogen (secondary N) is 2. The van der Waals surface area contributed by atoms with Crippen LogP contribution in [0.25, 0.3) is 33.5 Å². The first kappa shape index (κ1) is 18.3. The van der Waals surface area contributed by atoms with Gasteiger partial charge in [0.05, 0.1) is 27.7 Å². The molecule has 0 fully saturated rings. The summed E-state index contributed by atoms with van der Waals surface area (Å²) in [6.07, 6.45) is -1.19. The van der Waals surface area contributed by atoms with Gasteiger partial charge in [-0.3, -0.25) is 19.6 Å². The van der Waals surface area contributed by atoms with Crippen LogP contribution in [-0.4, -0.2) is 45.3 Å². The van der Waals surface area contributed by atoms with E-state index in [4.69, 9.17) is 15.5 Å². The molecule has 152 valence electrons. The number of hydrogen-bond donors (Lipinski definition) is 3. The fraction of sp³-hybridized carbons (Fsp3) is 0.238. The zero-order valence-corrected chi connectivity index (χ0v) is 16.7. The number of nitrogens with two attached hydrogens (primary N) is 1. The van der Waals surface area contributed by atoms with Crippen LogP contribution >= 0.6 is 0 Å². The van der Waals surface area contributed by atoms with Gasteiger partial charge in [0.1, 0.15) is 5.69 Å². The molecule has 9 nitrogen and oxygen atoms in total. The molecule has 4 N–H and O–H groups in total. The first-order valence-electron chi connectivity index (χ1n) is 9.46. The van der Waals surface area contributed by atoms with Gasteiger partial charge in [-0.2, -0.15) is 5.10 Å². The zero-order chi connectivity index (χ0) is 21.2. The maximum Gasteiger partial charge on any atom is 0.268 e. The van der Waals surface area contributed by atoms with Crippen LogP contribution in [0.3, 0.4) is 0 Å². The molecule has 1 aliphatic rings. The number of aromatic amines is 2.